The van der Waals surface area contributed by atoms with Gasteiger partial charge in [-0.3, -0.25) is 9.78 Å². The predicted molar refractivity (Wildman–Crippen MR) is 82.3 cm³/mol. The number of benzene rings is 1. The summed E-state index contributed by atoms with van der Waals surface area (Å²) in [5.41, 5.74) is 3.26. The third-order valence-electron chi connectivity index (χ3n) is 3.59. The first-order valence-corrected chi connectivity index (χ1v) is 7.81. The van der Waals surface area contributed by atoms with Crippen LogP contribution in [0.3, 0.4) is 0 Å². The highest BCUT2D eigenvalue weighted by molar-refractivity contribution is 8.00. The van der Waals surface area contributed by atoms with Crippen molar-refractivity contribution in [1.82, 2.24) is 4.98 Å². The average Bonchev–Trinajstić information content (AvgIpc) is 2.45. The average molecular weight is 283 g/mol. The van der Waals surface area contributed by atoms with E-state index in [4.69, 9.17) is 0 Å². The minimum absolute atomic E-state index is 0.279. The molecule has 0 radical (unpaired) electrons. The number of carbonyl (C=O) groups is 1. The molecule has 102 valence electrons. The van der Waals surface area contributed by atoms with Crippen molar-refractivity contribution in [3.63, 3.8) is 0 Å². The number of carbonyl (C=O) groups excluding carboxylic acids is 1. The van der Waals surface area contributed by atoms with E-state index >= 15 is 0 Å². The molecule has 0 bridgehead atoms. The fraction of sp³-hybridized carbons (Fsp3) is 0.294. The summed E-state index contributed by atoms with van der Waals surface area (Å²) in [7, 11) is 0. The SMILES string of the molecule is Cc1ccnc(CC[C@@H]2CC(=O)c3ccccc3S2)c1. The van der Waals surface area contributed by atoms with Crippen LogP contribution in [0.4, 0.5) is 0 Å². The molecule has 2 heterocycles. The normalized spacial score (nSPS) is 17.9. The lowest BCUT2D eigenvalue weighted by atomic mass is 10.0. The Morgan fingerprint density at radius 1 is 1.30 bits per heavy atom. The number of rotatable bonds is 3. The Labute approximate surface area is 123 Å². The summed E-state index contributed by atoms with van der Waals surface area (Å²) in [4.78, 5) is 17.7. The van der Waals surface area contributed by atoms with Crippen molar-refractivity contribution in [2.45, 2.75) is 36.3 Å². The quantitative estimate of drug-likeness (QED) is 0.850. The molecule has 0 fully saturated rings. The van der Waals surface area contributed by atoms with Gasteiger partial charge >= 0.3 is 0 Å². The van der Waals surface area contributed by atoms with Crippen LogP contribution in [0.5, 0.6) is 0 Å². The maximum absolute atomic E-state index is 12.1. The van der Waals surface area contributed by atoms with E-state index in [-0.39, 0.29) is 5.78 Å². The second-order valence-electron chi connectivity index (χ2n) is 5.23. The number of hydrogen-bond acceptors (Lipinski definition) is 3. The zero-order valence-electron chi connectivity index (χ0n) is 11.5. The predicted octanol–water partition coefficient (Wildman–Crippen LogP) is 4.07. The van der Waals surface area contributed by atoms with Crippen LogP contribution in [0.15, 0.2) is 47.5 Å². The molecule has 1 atom stereocenters. The van der Waals surface area contributed by atoms with Gasteiger partial charge in [0.25, 0.3) is 0 Å². The molecular formula is C17H17NOS. The number of fused-ring (bicyclic) bond motifs is 1. The molecule has 2 nitrogen and oxygen atoms in total. The Morgan fingerprint density at radius 3 is 3.00 bits per heavy atom. The second kappa shape index (κ2) is 5.80. The molecule has 3 heteroatoms. The fourth-order valence-corrected chi connectivity index (χ4v) is 3.84. The van der Waals surface area contributed by atoms with Crippen molar-refractivity contribution in [3.8, 4) is 0 Å². The first kappa shape index (κ1) is 13.4. The first-order valence-electron chi connectivity index (χ1n) is 6.93. The zero-order valence-corrected chi connectivity index (χ0v) is 12.3. The van der Waals surface area contributed by atoms with Gasteiger partial charge in [0.1, 0.15) is 0 Å². The van der Waals surface area contributed by atoms with E-state index < -0.39 is 0 Å². The summed E-state index contributed by atoms with van der Waals surface area (Å²) < 4.78 is 0. The summed E-state index contributed by atoms with van der Waals surface area (Å²) in [5, 5.41) is 0.375. The highest BCUT2D eigenvalue weighted by Gasteiger charge is 2.25. The number of thioether (sulfide) groups is 1. The Balaban J connectivity index is 1.67. The smallest absolute Gasteiger partial charge is 0.165 e. The van der Waals surface area contributed by atoms with Gasteiger partial charge in [-0.15, -0.1) is 11.8 Å². The number of Topliss-reactive ketones (excluding diaryl/α,β-unsaturated/α-hetero) is 1. The molecule has 1 aliphatic rings. The van der Waals surface area contributed by atoms with Crippen molar-refractivity contribution >= 4 is 17.5 Å². The van der Waals surface area contributed by atoms with Gasteiger partial charge in [0.2, 0.25) is 0 Å². The molecule has 0 amide bonds. The Kier molecular flexibility index (Phi) is 3.88. The van der Waals surface area contributed by atoms with Crippen LogP contribution in [0.25, 0.3) is 0 Å². The van der Waals surface area contributed by atoms with Crippen LogP contribution in [0.2, 0.25) is 0 Å². The van der Waals surface area contributed by atoms with Gasteiger partial charge in [-0.1, -0.05) is 18.2 Å². The number of nitrogens with zero attached hydrogens (tertiary/aromatic N) is 1. The third kappa shape index (κ3) is 2.93. The molecule has 1 aliphatic heterocycles. The van der Waals surface area contributed by atoms with Crippen molar-refractivity contribution < 1.29 is 4.79 Å². The molecule has 20 heavy (non-hydrogen) atoms. The van der Waals surface area contributed by atoms with Crippen LogP contribution < -0.4 is 0 Å². The highest BCUT2D eigenvalue weighted by atomic mass is 32.2. The Hall–Kier alpha value is -1.61. The summed E-state index contributed by atoms with van der Waals surface area (Å²) in [5.74, 6) is 0.279. The van der Waals surface area contributed by atoms with Gasteiger partial charge in [-0.2, -0.15) is 0 Å². The van der Waals surface area contributed by atoms with Gasteiger partial charge in [0.05, 0.1) is 0 Å². The van der Waals surface area contributed by atoms with E-state index in [9.17, 15) is 4.79 Å². The van der Waals surface area contributed by atoms with Crippen molar-refractivity contribution in [2.75, 3.05) is 0 Å². The van der Waals surface area contributed by atoms with E-state index in [2.05, 4.69) is 24.0 Å². The van der Waals surface area contributed by atoms with Crippen LogP contribution in [0.1, 0.15) is 34.5 Å². The molecule has 0 spiro atoms. The summed E-state index contributed by atoms with van der Waals surface area (Å²) in [6.45, 7) is 2.08. The molecule has 0 saturated heterocycles. The van der Waals surface area contributed by atoms with Crippen LogP contribution in [0, 0.1) is 6.92 Å². The van der Waals surface area contributed by atoms with E-state index in [0.29, 0.717) is 11.7 Å². The minimum Gasteiger partial charge on any atom is -0.294 e. The second-order valence-corrected chi connectivity index (χ2v) is 6.57. The fourth-order valence-electron chi connectivity index (χ4n) is 2.54. The van der Waals surface area contributed by atoms with E-state index in [1.807, 2.05) is 42.2 Å². The lowest BCUT2D eigenvalue weighted by molar-refractivity contribution is 0.0976. The van der Waals surface area contributed by atoms with Gasteiger partial charge in [-0.25, -0.2) is 0 Å². The topological polar surface area (TPSA) is 30.0 Å². The lowest BCUT2D eigenvalue weighted by Crippen LogP contribution is -2.18. The van der Waals surface area contributed by atoms with Gasteiger partial charge in [0.15, 0.2) is 5.78 Å². The van der Waals surface area contributed by atoms with Crippen molar-refractivity contribution in [1.29, 1.82) is 0 Å². The summed E-state index contributed by atoms with van der Waals surface area (Å²) in [6.07, 6.45) is 4.45. The van der Waals surface area contributed by atoms with Crippen molar-refractivity contribution in [3.05, 3.63) is 59.4 Å². The van der Waals surface area contributed by atoms with E-state index in [0.717, 1.165) is 29.0 Å². The third-order valence-corrected chi connectivity index (χ3v) is 4.93. The molecule has 0 N–H and O–H groups in total. The number of ketones is 1. The van der Waals surface area contributed by atoms with Crippen LogP contribution >= 0.6 is 11.8 Å². The molecule has 1 aromatic heterocycles. The van der Waals surface area contributed by atoms with E-state index in [1.165, 1.54) is 5.56 Å². The van der Waals surface area contributed by atoms with Crippen molar-refractivity contribution in [2.24, 2.45) is 0 Å². The van der Waals surface area contributed by atoms with Gasteiger partial charge in [-0.05, 0) is 43.5 Å². The highest BCUT2D eigenvalue weighted by Crippen LogP contribution is 2.36. The maximum Gasteiger partial charge on any atom is 0.165 e. The summed E-state index contributed by atoms with van der Waals surface area (Å²) in [6, 6.07) is 12.1. The first-order chi connectivity index (χ1) is 9.72. The number of aryl methyl sites for hydroxylation is 2. The van der Waals surface area contributed by atoms with Crippen LogP contribution in [-0.4, -0.2) is 16.0 Å². The summed E-state index contributed by atoms with van der Waals surface area (Å²) >= 11 is 1.84. The number of hydrogen-bond donors (Lipinski definition) is 0. The Bertz CT molecular complexity index is 638. The lowest BCUT2D eigenvalue weighted by Gasteiger charge is -2.22. The number of pyridine rings is 1. The molecule has 3 rings (SSSR count). The maximum atomic E-state index is 12.1. The molecule has 0 unspecified atom stereocenters. The van der Waals surface area contributed by atoms with Gasteiger partial charge < -0.3 is 0 Å². The molecule has 2 aromatic rings. The number of aromatic nitrogens is 1. The monoisotopic (exact) mass is 283 g/mol. The van der Waals surface area contributed by atoms with Gasteiger partial charge in [0, 0.05) is 34.0 Å². The zero-order chi connectivity index (χ0) is 13.9. The Morgan fingerprint density at radius 2 is 2.15 bits per heavy atom. The molecule has 0 aliphatic carbocycles. The standard InChI is InChI=1S/C17H17NOS/c1-12-8-9-18-13(10-12)6-7-14-11-16(19)15-4-2-3-5-17(15)20-14/h2-5,8-10,14H,6-7,11H2,1H3/t14-/m1/s1. The minimum atomic E-state index is 0.279. The molecular weight excluding hydrogens is 266 g/mol. The van der Waals surface area contributed by atoms with Crippen LogP contribution in [-0.2, 0) is 6.42 Å². The molecule has 1 aromatic carbocycles. The molecule has 0 saturated carbocycles. The largest absolute Gasteiger partial charge is 0.294 e. The van der Waals surface area contributed by atoms with E-state index in [1.54, 1.807) is 0 Å².